The first kappa shape index (κ1) is 25.4. The van der Waals surface area contributed by atoms with Crippen LogP contribution in [0, 0.1) is 18.8 Å². The molecule has 3 rings (SSSR count). The molecule has 0 aliphatic carbocycles. The zero-order valence-electron chi connectivity index (χ0n) is 20.2. The number of nitrogens with zero attached hydrogens (tertiary/aromatic N) is 5. The highest BCUT2D eigenvalue weighted by Crippen LogP contribution is 2.20. The van der Waals surface area contributed by atoms with E-state index < -0.39 is 0 Å². The van der Waals surface area contributed by atoms with Gasteiger partial charge in [0.15, 0.2) is 0 Å². The number of rotatable bonds is 9. The van der Waals surface area contributed by atoms with Gasteiger partial charge in [-0.3, -0.25) is 9.59 Å². The predicted octanol–water partition coefficient (Wildman–Crippen LogP) is 4.31. The lowest BCUT2D eigenvalue weighted by Gasteiger charge is -2.26. The second kappa shape index (κ2) is 11.2. The van der Waals surface area contributed by atoms with Crippen molar-refractivity contribution in [2.24, 2.45) is 11.8 Å². The van der Waals surface area contributed by atoms with Crippen molar-refractivity contribution in [2.45, 2.75) is 41.2 Å². The van der Waals surface area contributed by atoms with Gasteiger partial charge in [-0.1, -0.05) is 39.3 Å². The molecule has 0 atom stereocenters. The average Bonchev–Trinajstić information content (AvgIpc) is 3.30. The topological polar surface area (TPSA) is 93.0 Å². The van der Waals surface area contributed by atoms with Gasteiger partial charge in [0.05, 0.1) is 5.69 Å². The summed E-state index contributed by atoms with van der Waals surface area (Å²) >= 11 is 6.17. The van der Waals surface area contributed by atoms with Crippen LogP contribution in [0.15, 0.2) is 42.7 Å². The number of carbonyl (C=O) groups excluding carboxylic acids is 2. The summed E-state index contributed by atoms with van der Waals surface area (Å²) in [6, 6.07) is 10.6. The molecule has 9 heteroatoms. The molecule has 1 N–H and O–H groups in total. The Morgan fingerprint density at radius 1 is 1.03 bits per heavy atom. The highest BCUT2D eigenvalue weighted by atomic mass is 35.5. The lowest BCUT2D eigenvalue weighted by molar-refractivity contribution is 0.0715. The normalized spacial score (nSPS) is 11.2. The van der Waals surface area contributed by atoms with Crippen LogP contribution in [0.2, 0.25) is 5.02 Å². The third-order valence-electron chi connectivity index (χ3n) is 5.12. The summed E-state index contributed by atoms with van der Waals surface area (Å²) in [5.74, 6) is 0.361. The van der Waals surface area contributed by atoms with Crippen LogP contribution in [0.4, 0.5) is 0 Å². The number of amides is 2. The molecule has 0 aliphatic heterocycles. The van der Waals surface area contributed by atoms with Crippen LogP contribution in [0.5, 0.6) is 0 Å². The molecule has 0 bridgehead atoms. The highest BCUT2D eigenvalue weighted by Gasteiger charge is 2.20. The van der Waals surface area contributed by atoms with Crippen LogP contribution in [0.3, 0.4) is 0 Å². The molecule has 0 fully saturated rings. The molecule has 180 valence electrons. The number of nitrogens with one attached hydrogen (secondary N) is 1. The smallest absolute Gasteiger partial charge is 0.253 e. The fourth-order valence-electron chi connectivity index (χ4n) is 3.81. The molecule has 2 amide bonds. The molecule has 2 aromatic carbocycles. The van der Waals surface area contributed by atoms with E-state index in [-0.39, 0.29) is 18.4 Å². The highest BCUT2D eigenvalue weighted by molar-refractivity contribution is 6.30. The number of tetrazole rings is 1. The molecule has 0 radical (unpaired) electrons. The Kier molecular flexibility index (Phi) is 8.39. The third kappa shape index (κ3) is 6.63. The zero-order chi connectivity index (χ0) is 24.8. The van der Waals surface area contributed by atoms with Crippen LogP contribution in [0.25, 0.3) is 5.69 Å². The maximum Gasteiger partial charge on any atom is 0.253 e. The van der Waals surface area contributed by atoms with Gasteiger partial charge in [0.25, 0.3) is 11.8 Å². The standard InChI is InChI=1S/C25H31ClN6O2/c1-16(2)13-31(14-17(3)4)25(34)20-9-18(5)8-19(10-20)24(33)27-12-21-11-22(26)6-7-23(21)32-15-28-29-30-32/h6-11,15-17H,12-14H2,1-5H3,(H,27,33). The fourth-order valence-corrected chi connectivity index (χ4v) is 4.01. The molecule has 0 spiro atoms. The van der Waals surface area contributed by atoms with Gasteiger partial charge in [-0.15, -0.1) is 5.10 Å². The monoisotopic (exact) mass is 482 g/mol. The summed E-state index contributed by atoms with van der Waals surface area (Å²) in [6.07, 6.45) is 1.48. The minimum atomic E-state index is -0.278. The second-order valence-electron chi connectivity index (χ2n) is 9.30. The van der Waals surface area contributed by atoms with Gasteiger partial charge in [0.2, 0.25) is 0 Å². The van der Waals surface area contributed by atoms with E-state index in [2.05, 4.69) is 48.5 Å². The average molecular weight is 483 g/mol. The van der Waals surface area contributed by atoms with Crippen LogP contribution in [-0.4, -0.2) is 50.0 Å². The van der Waals surface area contributed by atoms with Crippen molar-refractivity contribution in [3.8, 4) is 5.69 Å². The van der Waals surface area contributed by atoms with E-state index >= 15 is 0 Å². The Labute approximate surface area is 205 Å². The van der Waals surface area contributed by atoms with Gasteiger partial charge in [-0.25, -0.2) is 4.68 Å². The summed E-state index contributed by atoms with van der Waals surface area (Å²) in [6.45, 7) is 11.8. The SMILES string of the molecule is Cc1cc(C(=O)NCc2cc(Cl)ccc2-n2cnnn2)cc(C(=O)N(CC(C)C)CC(C)C)c1. The fraction of sp³-hybridized carbons (Fsp3) is 0.400. The number of aromatic nitrogens is 4. The summed E-state index contributed by atoms with van der Waals surface area (Å²) in [5, 5.41) is 14.7. The van der Waals surface area contributed by atoms with E-state index in [1.54, 1.807) is 30.3 Å². The summed E-state index contributed by atoms with van der Waals surface area (Å²) in [5.41, 5.74) is 3.28. The molecule has 0 saturated carbocycles. The molecule has 1 heterocycles. The van der Waals surface area contributed by atoms with Crippen LogP contribution in [-0.2, 0) is 6.54 Å². The third-order valence-corrected chi connectivity index (χ3v) is 5.36. The van der Waals surface area contributed by atoms with E-state index in [1.165, 1.54) is 11.0 Å². The lowest BCUT2D eigenvalue weighted by Crippen LogP contribution is -2.37. The molecule has 3 aromatic rings. The summed E-state index contributed by atoms with van der Waals surface area (Å²) < 4.78 is 1.51. The van der Waals surface area contributed by atoms with E-state index in [4.69, 9.17) is 11.6 Å². The van der Waals surface area contributed by atoms with E-state index in [1.807, 2.05) is 17.9 Å². The number of aryl methyl sites for hydroxylation is 1. The molecule has 0 unspecified atom stereocenters. The van der Waals surface area contributed by atoms with Gasteiger partial charge in [-0.2, -0.15) is 0 Å². The van der Waals surface area contributed by atoms with Crippen molar-refractivity contribution < 1.29 is 9.59 Å². The van der Waals surface area contributed by atoms with Crippen molar-refractivity contribution in [3.63, 3.8) is 0 Å². The quantitative estimate of drug-likeness (QED) is 0.490. The first-order valence-corrected chi connectivity index (χ1v) is 11.7. The van der Waals surface area contributed by atoms with Gasteiger partial charge < -0.3 is 10.2 Å². The number of halogens is 1. The Bertz CT molecular complexity index is 1130. The second-order valence-corrected chi connectivity index (χ2v) is 9.73. The minimum absolute atomic E-state index is 0.0593. The van der Waals surface area contributed by atoms with Crippen LogP contribution < -0.4 is 5.32 Å². The van der Waals surface area contributed by atoms with Crippen molar-refractivity contribution in [1.29, 1.82) is 0 Å². The van der Waals surface area contributed by atoms with E-state index in [0.29, 0.717) is 46.8 Å². The Hall–Kier alpha value is -3.26. The Balaban J connectivity index is 1.80. The van der Waals surface area contributed by atoms with E-state index in [0.717, 1.165) is 11.1 Å². The number of benzene rings is 2. The number of hydrogen-bond donors (Lipinski definition) is 1. The lowest BCUT2D eigenvalue weighted by atomic mass is 10.0. The van der Waals surface area contributed by atoms with Gasteiger partial charge in [0, 0.05) is 35.8 Å². The van der Waals surface area contributed by atoms with Crippen LogP contribution >= 0.6 is 11.6 Å². The molecular formula is C25H31ClN6O2. The molecule has 34 heavy (non-hydrogen) atoms. The Morgan fingerprint density at radius 3 is 2.32 bits per heavy atom. The zero-order valence-corrected chi connectivity index (χ0v) is 21.0. The van der Waals surface area contributed by atoms with Crippen molar-refractivity contribution in [2.75, 3.05) is 13.1 Å². The maximum atomic E-state index is 13.3. The first-order chi connectivity index (χ1) is 16.1. The van der Waals surface area contributed by atoms with Crippen molar-refractivity contribution in [1.82, 2.24) is 30.4 Å². The summed E-state index contributed by atoms with van der Waals surface area (Å²) in [7, 11) is 0. The largest absolute Gasteiger partial charge is 0.348 e. The molecule has 0 aliphatic rings. The van der Waals surface area contributed by atoms with Crippen LogP contribution in [0.1, 0.15) is 59.5 Å². The number of carbonyl (C=O) groups is 2. The minimum Gasteiger partial charge on any atom is -0.348 e. The van der Waals surface area contributed by atoms with E-state index in [9.17, 15) is 9.59 Å². The molecule has 8 nitrogen and oxygen atoms in total. The molecular weight excluding hydrogens is 452 g/mol. The van der Waals surface area contributed by atoms with Crippen molar-refractivity contribution in [3.05, 3.63) is 70.0 Å². The summed E-state index contributed by atoms with van der Waals surface area (Å²) in [4.78, 5) is 28.2. The van der Waals surface area contributed by atoms with Gasteiger partial charge >= 0.3 is 0 Å². The van der Waals surface area contributed by atoms with Crippen molar-refractivity contribution >= 4 is 23.4 Å². The Morgan fingerprint density at radius 2 is 1.71 bits per heavy atom. The molecule has 0 saturated heterocycles. The van der Waals surface area contributed by atoms with Gasteiger partial charge in [0.1, 0.15) is 6.33 Å². The first-order valence-electron chi connectivity index (χ1n) is 11.3. The maximum absolute atomic E-state index is 13.3. The predicted molar refractivity (Wildman–Crippen MR) is 132 cm³/mol. The molecule has 1 aromatic heterocycles. The number of hydrogen-bond acceptors (Lipinski definition) is 5. The van der Waals surface area contributed by atoms with Gasteiger partial charge in [-0.05, 0) is 76.7 Å².